The van der Waals surface area contributed by atoms with Crippen molar-refractivity contribution < 1.29 is 22.7 Å². The zero-order valence-electron chi connectivity index (χ0n) is 18.1. The number of ether oxygens (including phenoxy) is 1. The van der Waals surface area contributed by atoms with Gasteiger partial charge in [0.2, 0.25) is 5.91 Å². The third-order valence-corrected chi connectivity index (χ3v) is 8.53. The highest BCUT2D eigenvalue weighted by Crippen LogP contribution is 2.55. The van der Waals surface area contributed by atoms with Gasteiger partial charge in [0.15, 0.2) is 0 Å². The fourth-order valence-electron chi connectivity index (χ4n) is 6.54. The average Bonchev–Trinajstić information content (AvgIpc) is 3.29. The van der Waals surface area contributed by atoms with Crippen molar-refractivity contribution in [1.29, 1.82) is 0 Å². The first kappa shape index (κ1) is 21.2. The Morgan fingerprint density at radius 3 is 2.68 bits per heavy atom. The number of alkyl halides is 3. The van der Waals surface area contributed by atoms with Crippen molar-refractivity contribution in [2.24, 2.45) is 11.3 Å². The van der Waals surface area contributed by atoms with Crippen LogP contribution in [0.5, 0.6) is 0 Å². The summed E-state index contributed by atoms with van der Waals surface area (Å²) in [5, 5.41) is 0. The molecule has 1 aromatic heterocycles. The molecule has 31 heavy (non-hydrogen) atoms. The van der Waals surface area contributed by atoms with Crippen molar-refractivity contribution in [2.75, 3.05) is 20.3 Å². The van der Waals surface area contributed by atoms with Gasteiger partial charge in [0.1, 0.15) is 0 Å². The molecule has 8 heteroatoms. The minimum atomic E-state index is -4.42. The highest BCUT2D eigenvalue weighted by molar-refractivity contribution is 5.87. The summed E-state index contributed by atoms with van der Waals surface area (Å²) in [6.45, 7) is 3.99. The lowest BCUT2D eigenvalue weighted by Crippen LogP contribution is -2.43. The standard InChI is InChI=1S/C23H30F3N3O2/c1-14-20-10-19-15(9-16(12-27-19)23(24,25)26)13-29(20)21(30)22(14)6-3-18(11-22)28(2)17-4-7-31-8-5-17/h9,12,14,17-18,20H,3-8,10-11,13H2,1-2H3/t14?,18-,20?,22+/m1/s1. The second-order valence-electron chi connectivity index (χ2n) is 9.88. The van der Waals surface area contributed by atoms with E-state index >= 15 is 0 Å². The molecule has 1 aliphatic carbocycles. The summed E-state index contributed by atoms with van der Waals surface area (Å²) in [6.07, 6.45) is 1.80. The highest BCUT2D eigenvalue weighted by atomic mass is 19.4. The summed E-state index contributed by atoms with van der Waals surface area (Å²) in [4.78, 5) is 22.1. The Hall–Kier alpha value is -1.67. The fraction of sp³-hybridized carbons (Fsp3) is 0.739. The first-order valence-electron chi connectivity index (χ1n) is 11.4. The minimum Gasteiger partial charge on any atom is -0.381 e. The van der Waals surface area contributed by atoms with Gasteiger partial charge in [-0.1, -0.05) is 6.92 Å². The SMILES string of the molecule is CC1C2Cc3ncc(C(F)(F)F)cc3CN2C(=O)[C@]12CC[C@@H](N(C)C1CCOCC1)C2. The molecular formula is C23H30F3N3O2. The van der Waals surface area contributed by atoms with Gasteiger partial charge in [-0.3, -0.25) is 9.78 Å². The number of amides is 1. The van der Waals surface area contributed by atoms with E-state index in [-0.39, 0.29) is 24.4 Å². The van der Waals surface area contributed by atoms with E-state index in [1.54, 1.807) is 0 Å². The van der Waals surface area contributed by atoms with Crippen molar-refractivity contribution in [2.45, 2.75) is 76.3 Å². The van der Waals surface area contributed by atoms with Gasteiger partial charge >= 0.3 is 6.18 Å². The molecule has 4 atom stereocenters. The van der Waals surface area contributed by atoms with E-state index in [1.807, 2.05) is 4.90 Å². The number of hydrogen-bond donors (Lipinski definition) is 0. The van der Waals surface area contributed by atoms with E-state index in [1.165, 1.54) is 6.07 Å². The van der Waals surface area contributed by atoms with E-state index in [0.717, 1.165) is 51.5 Å². The van der Waals surface area contributed by atoms with Crippen LogP contribution in [0, 0.1) is 11.3 Å². The Labute approximate surface area is 180 Å². The third-order valence-electron chi connectivity index (χ3n) is 8.53. The average molecular weight is 438 g/mol. The van der Waals surface area contributed by atoms with Gasteiger partial charge in [-0.05, 0) is 56.7 Å². The molecule has 0 aromatic carbocycles. The molecule has 3 aliphatic heterocycles. The number of aromatic nitrogens is 1. The van der Waals surface area contributed by atoms with Gasteiger partial charge in [0.25, 0.3) is 0 Å². The van der Waals surface area contributed by atoms with Crippen LogP contribution >= 0.6 is 0 Å². The number of pyridine rings is 1. The predicted octanol–water partition coefficient (Wildman–Crippen LogP) is 3.65. The molecule has 4 heterocycles. The lowest BCUT2D eigenvalue weighted by Gasteiger charge is -2.36. The molecule has 170 valence electrons. The number of nitrogens with zero attached hydrogens (tertiary/aromatic N) is 3. The van der Waals surface area contributed by atoms with Crippen molar-refractivity contribution >= 4 is 5.91 Å². The predicted molar refractivity (Wildman–Crippen MR) is 108 cm³/mol. The van der Waals surface area contributed by atoms with Gasteiger partial charge < -0.3 is 14.5 Å². The zero-order chi connectivity index (χ0) is 22.0. The fourth-order valence-corrected chi connectivity index (χ4v) is 6.54. The molecule has 4 aliphatic rings. The van der Waals surface area contributed by atoms with Crippen molar-refractivity contribution in [1.82, 2.24) is 14.8 Å². The number of carbonyl (C=O) groups is 1. The van der Waals surface area contributed by atoms with Crippen LogP contribution in [0.15, 0.2) is 12.3 Å². The van der Waals surface area contributed by atoms with E-state index in [2.05, 4.69) is 23.9 Å². The van der Waals surface area contributed by atoms with Crippen molar-refractivity contribution in [3.05, 3.63) is 29.1 Å². The van der Waals surface area contributed by atoms with Crippen molar-refractivity contribution in [3.8, 4) is 0 Å². The molecule has 0 radical (unpaired) electrons. The summed E-state index contributed by atoms with van der Waals surface area (Å²) in [7, 11) is 2.18. The molecule has 1 aromatic rings. The largest absolute Gasteiger partial charge is 0.417 e. The quantitative estimate of drug-likeness (QED) is 0.709. The molecule has 1 amide bonds. The molecule has 5 nitrogen and oxygen atoms in total. The lowest BCUT2D eigenvalue weighted by atomic mass is 9.73. The molecule has 0 N–H and O–H groups in total. The summed E-state index contributed by atoms with van der Waals surface area (Å²) in [5.74, 6) is 0.307. The molecular weight excluding hydrogens is 407 g/mol. The number of rotatable bonds is 2. The molecule has 1 spiro atoms. The Morgan fingerprint density at radius 2 is 1.97 bits per heavy atom. The van der Waals surface area contributed by atoms with E-state index in [0.29, 0.717) is 29.8 Å². The summed E-state index contributed by atoms with van der Waals surface area (Å²) in [5.41, 5.74) is 0.111. The minimum absolute atomic E-state index is 0.0244. The third kappa shape index (κ3) is 3.37. The molecule has 1 saturated carbocycles. The molecule has 2 unspecified atom stereocenters. The smallest absolute Gasteiger partial charge is 0.381 e. The Bertz CT molecular complexity index is 870. The molecule has 0 bridgehead atoms. The Kier molecular flexibility index (Phi) is 5.09. The maximum Gasteiger partial charge on any atom is 0.417 e. The first-order chi connectivity index (χ1) is 14.7. The van der Waals surface area contributed by atoms with E-state index in [9.17, 15) is 18.0 Å². The number of hydrogen-bond acceptors (Lipinski definition) is 4. The molecule has 5 rings (SSSR count). The van der Waals surface area contributed by atoms with E-state index in [4.69, 9.17) is 4.74 Å². The number of carbonyl (C=O) groups excluding carboxylic acids is 1. The highest BCUT2D eigenvalue weighted by Gasteiger charge is 2.61. The van der Waals surface area contributed by atoms with Crippen LogP contribution in [-0.4, -0.2) is 59.1 Å². The summed E-state index contributed by atoms with van der Waals surface area (Å²) in [6, 6.07) is 2.07. The second-order valence-corrected chi connectivity index (χ2v) is 9.88. The van der Waals surface area contributed by atoms with Crippen molar-refractivity contribution in [3.63, 3.8) is 0 Å². The lowest BCUT2D eigenvalue weighted by molar-refractivity contribution is -0.138. The number of halogens is 3. The van der Waals surface area contributed by atoms with Gasteiger partial charge in [0.05, 0.1) is 11.0 Å². The normalized spacial score (nSPS) is 33.9. The topological polar surface area (TPSA) is 45.7 Å². The van der Waals surface area contributed by atoms with Crippen LogP contribution in [0.25, 0.3) is 0 Å². The maximum atomic E-state index is 13.7. The van der Waals surface area contributed by atoms with Crippen LogP contribution in [0.4, 0.5) is 13.2 Å². The number of fused-ring (bicyclic) bond motifs is 2. The zero-order valence-corrected chi connectivity index (χ0v) is 18.1. The van der Waals surface area contributed by atoms with Crippen LogP contribution in [-0.2, 0) is 28.7 Å². The van der Waals surface area contributed by atoms with Crippen LogP contribution in [0.1, 0.15) is 55.8 Å². The summed E-state index contributed by atoms with van der Waals surface area (Å²) >= 11 is 0. The molecule has 3 fully saturated rings. The van der Waals surface area contributed by atoms with Gasteiger partial charge in [-0.2, -0.15) is 13.2 Å². The Balaban J connectivity index is 1.36. The monoisotopic (exact) mass is 437 g/mol. The van der Waals surface area contributed by atoms with Crippen LogP contribution < -0.4 is 0 Å². The van der Waals surface area contributed by atoms with E-state index < -0.39 is 17.2 Å². The summed E-state index contributed by atoms with van der Waals surface area (Å²) < 4.78 is 44.9. The first-order valence-corrected chi connectivity index (χ1v) is 11.4. The van der Waals surface area contributed by atoms with Gasteiger partial charge in [0, 0.05) is 56.2 Å². The van der Waals surface area contributed by atoms with Gasteiger partial charge in [-0.25, -0.2) is 0 Å². The maximum absolute atomic E-state index is 13.7. The second kappa shape index (κ2) is 7.44. The van der Waals surface area contributed by atoms with Crippen LogP contribution in [0.3, 0.4) is 0 Å². The van der Waals surface area contributed by atoms with Crippen LogP contribution in [0.2, 0.25) is 0 Å². The molecule has 2 saturated heterocycles. The Morgan fingerprint density at radius 1 is 1.23 bits per heavy atom. The van der Waals surface area contributed by atoms with Gasteiger partial charge in [-0.15, -0.1) is 0 Å².